The molecule has 1 amide bonds. The van der Waals surface area contributed by atoms with Crippen LogP contribution in [0.2, 0.25) is 0 Å². The molecule has 1 unspecified atom stereocenters. The first kappa shape index (κ1) is 16.4. The van der Waals surface area contributed by atoms with Gasteiger partial charge in [-0.25, -0.2) is 0 Å². The summed E-state index contributed by atoms with van der Waals surface area (Å²) in [4.78, 5) is 16.1. The van der Waals surface area contributed by atoms with Crippen LogP contribution in [0.4, 0.5) is 5.69 Å². The number of rotatable bonds is 6. The Morgan fingerprint density at radius 3 is 2.92 bits per heavy atom. The van der Waals surface area contributed by atoms with Crippen LogP contribution in [0.5, 0.6) is 5.75 Å². The molecule has 8 nitrogen and oxygen atoms in total. The van der Waals surface area contributed by atoms with E-state index in [9.17, 15) is 4.79 Å². The van der Waals surface area contributed by atoms with E-state index in [2.05, 4.69) is 20.8 Å². The third-order valence-corrected chi connectivity index (χ3v) is 3.50. The van der Waals surface area contributed by atoms with Crippen LogP contribution in [0.15, 0.2) is 28.8 Å². The number of nitrogens with one attached hydrogen (secondary N) is 2. The molecule has 2 heterocycles. The standard InChI is InChI=1S/C16H20N4O4/c1-11-18-16(24-20-11)10-23-14-4-2-12(3-5-14)19-15(21)8-13-9-22-7-6-17-13/h2-5,13,17H,6-10H2,1H3,(H,19,21). The monoisotopic (exact) mass is 332 g/mol. The first-order valence-electron chi connectivity index (χ1n) is 7.82. The maximum absolute atomic E-state index is 12.0. The van der Waals surface area contributed by atoms with E-state index in [-0.39, 0.29) is 18.6 Å². The van der Waals surface area contributed by atoms with E-state index >= 15 is 0 Å². The lowest BCUT2D eigenvalue weighted by atomic mass is 10.2. The minimum absolute atomic E-state index is 0.0481. The number of morpholine rings is 1. The van der Waals surface area contributed by atoms with E-state index in [0.29, 0.717) is 37.1 Å². The minimum Gasteiger partial charge on any atom is -0.484 e. The van der Waals surface area contributed by atoms with Crippen LogP contribution in [0.3, 0.4) is 0 Å². The van der Waals surface area contributed by atoms with Gasteiger partial charge in [-0.2, -0.15) is 4.98 Å². The Morgan fingerprint density at radius 2 is 2.25 bits per heavy atom. The molecule has 1 aliphatic heterocycles. The van der Waals surface area contributed by atoms with Gasteiger partial charge in [0.1, 0.15) is 5.75 Å². The molecule has 0 bridgehead atoms. The van der Waals surface area contributed by atoms with Crippen LogP contribution < -0.4 is 15.4 Å². The lowest BCUT2D eigenvalue weighted by Gasteiger charge is -2.23. The van der Waals surface area contributed by atoms with Gasteiger partial charge in [-0.3, -0.25) is 4.79 Å². The molecule has 0 saturated carbocycles. The maximum Gasteiger partial charge on any atom is 0.264 e. The van der Waals surface area contributed by atoms with Crippen molar-refractivity contribution in [1.82, 2.24) is 15.5 Å². The van der Waals surface area contributed by atoms with Crippen molar-refractivity contribution in [3.05, 3.63) is 36.0 Å². The van der Waals surface area contributed by atoms with Crippen LogP contribution in [-0.2, 0) is 16.1 Å². The number of amides is 1. The molecule has 0 aliphatic carbocycles. The zero-order chi connectivity index (χ0) is 16.8. The van der Waals surface area contributed by atoms with Crippen molar-refractivity contribution in [3.8, 4) is 5.75 Å². The quantitative estimate of drug-likeness (QED) is 0.822. The highest BCUT2D eigenvalue weighted by molar-refractivity contribution is 5.91. The summed E-state index contributed by atoms with van der Waals surface area (Å²) in [6, 6.07) is 7.20. The number of aryl methyl sites for hydroxylation is 1. The molecule has 0 radical (unpaired) electrons. The molecule has 1 atom stereocenters. The van der Waals surface area contributed by atoms with Gasteiger partial charge < -0.3 is 24.6 Å². The van der Waals surface area contributed by atoms with Crippen LogP contribution in [0, 0.1) is 6.92 Å². The molecule has 3 rings (SSSR count). The normalized spacial score (nSPS) is 17.5. The summed E-state index contributed by atoms with van der Waals surface area (Å²) in [5, 5.41) is 9.81. The van der Waals surface area contributed by atoms with Crippen LogP contribution in [0.25, 0.3) is 0 Å². The Hall–Kier alpha value is -2.45. The number of hydrogen-bond donors (Lipinski definition) is 2. The maximum atomic E-state index is 12.0. The van der Waals surface area contributed by atoms with E-state index in [0.717, 1.165) is 12.2 Å². The smallest absolute Gasteiger partial charge is 0.264 e. The lowest BCUT2D eigenvalue weighted by molar-refractivity contribution is -0.117. The van der Waals surface area contributed by atoms with Crippen molar-refractivity contribution < 1.29 is 18.8 Å². The highest BCUT2D eigenvalue weighted by Crippen LogP contribution is 2.17. The summed E-state index contributed by atoms with van der Waals surface area (Å²) in [6.45, 7) is 4.00. The van der Waals surface area contributed by atoms with Crippen molar-refractivity contribution in [2.24, 2.45) is 0 Å². The van der Waals surface area contributed by atoms with Crippen molar-refractivity contribution in [3.63, 3.8) is 0 Å². The fourth-order valence-electron chi connectivity index (χ4n) is 2.36. The van der Waals surface area contributed by atoms with Crippen molar-refractivity contribution in [2.75, 3.05) is 25.1 Å². The van der Waals surface area contributed by atoms with Gasteiger partial charge in [0.2, 0.25) is 5.91 Å². The third kappa shape index (κ3) is 4.77. The fraction of sp³-hybridized carbons (Fsp3) is 0.438. The van der Waals surface area contributed by atoms with Crippen molar-refractivity contribution >= 4 is 11.6 Å². The summed E-state index contributed by atoms with van der Waals surface area (Å²) >= 11 is 0. The number of ether oxygens (including phenoxy) is 2. The summed E-state index contributed by atoms with van der Waals surface area (Å²) < 4.78 is 15.9. The van der Waals surface area contributed by atoms with Gasteiger partial charge in [0.15, 0.2) is 12.4 Å². The Bertz CT molecular complexity index is 665. The highest BCUT2D eigenvalue weighted by atomic mass is 16.5. The van der Waals surface area contributed by atoms with Gasteiger partial charge in [-0.1, -0.05) is 5.16 Å². The van der Waals surface area contributed by atoms with Crippen LogP contribution in [0.1, 0.15) is 18.1 Å². The third-order valence-electron chi connectivity index (χ3n) is 3.50. The zero-order valence-electron chi connectivity index (χ0n) is 13.4. The van der Waals surface area contributed by atoms with E-state index < -0.39 is 0 Å². The number of hydrogen-bond acceptors (Lipinski definition) is 7. The summed E-state index contributed by atoms with van der Waals surface area (Å²) in [7, 11) is 0. The number of carbonyl (C=O) groups is 1. The molecule has 1 aromatic carbocycles. The topological polar surface area (TPSA) is 98.5 Å². The van der Waals surface area contributed by atoms with Crippen molar-refractivity contribution in [2.45, 2.75) is 26.0 Å². The molecule has 1 aliphatic rings. The molecule has 1 aromatic heterocycles. The number of aromatic nitrogens is 2. The SMILES string of the molecule is Cc1noc(COc2ccc(NC(=O)CC3COCCN3)cc2)n1. The fourth-order valence-corrected chi connectivity index (χ4v) is 2.36. The molecule has 128 valence electrons. The van der Waals surface area contributed by atoms with Gasteiger partial charge in [0.05, 0.1) is 13.2 Å². The van der Waals surface area contributed by atoms with Gasteiger partial charge in [0.25, 0.3) is 5.89 Å². The molecule has 8 heteroatoms. The van der Waals surface area contributed by atoms with Gasteiger partial charge in [-0.15, -0.1) is 0 Å². The number of nitrogens with zero attached hydrogens (tertiary/aromatic N) is 2. The van der Waals surface area contributed by atoms with E-state index in [1.54, 1.807) is 31.2 Å². The van der Waals surface area contributed by atoms with E-state index in [1.807, 2.05) is 0 Å². The van der Waals surface area contributed by atoms with E-state index in [4.69, 9.17) is 14.0 Å². The Balaban J connectivity index is 1.46. The zero-order valence-corrected chi connectivity index (χ0v) is 13.4. The van der Waals surface area contributed by atoms with Gasteiger partial charge in [-0.05, 0) is 31.2 Å². The number of carbonyl (C=O) groups excluding carboxylic acids is 1. The molecule has 1 saturated heterocycles. The van der Waals surface area contributed by atoms with Crippen LogP contribution in [-0.4, -0.2) is 41.8 Å². The predicted molar refractivity (Wildman–Crippen MR) is 85.7 cm³/mol. The van der Waals surface area contributed by atoms with Crippen molar-refractivity contribution in [1.29, 1.82) is 0 Å². The average Bonchev–Trinajstić information content (AvgIpc) is 3.00. The average molecular weight is 332 g/mol. The van der Waals surface area contributed by atoms with Crippen LogP contribution >= 0.6 is 0 Å². The van der Waals surface area contributed by atoms with E-state index in [1.165, 1.54) is 0 Å². The summed E-state index contributed by atoms with van der Waals surface area (Å²) in [5.74, 6) is 1.61. The first-order valence-corrected chi connectivity index (χ1v) is 7.82. The summed E-state index contributed by atoms with van der Waals surface area (Å²) in [5.41, 5.74) is 0.720. The lowest BCUT2D eigenvalue weighted by Crippen LogP contribution is -2.43. The Morgan fingerprint density at radius 1 is 1.42 bits per heavy atom. The first-order chi connectivity index (χ1) is 11.7. The molecule has 2 N–H and O–H groups in total. The number of anilines is 1. The minimum atomic E-state index is -0.0481. The molecule has 2 aromatic rings. The second kappa shape index (κ2) is 7.89. The number of benzene rings is 1. The predicted octanol–water partition coefficient (Wildman–Crippen LogP) is 1.27. The highest BCUT2D eigenvalue weighted by Gasteiger charge is 2.16. The van der Waals surface area contributed by atoms with Gasteiger partial charge >= 0.3 is 0 Å². The Kier molecular flexibility index (Phi) is 5.39. The second-order valence-electron chi connectivity index (χ2n) is 5.53. The molecular formula is C16H20N4O4. The summed E-state index contributed by atoms with van der Waals surface area (Å²) in [6.07, 6.45) is 0.384. The Labute approximate surface area is 139 Å². The molecule has 1 fully saturated rings. The molecular weight excluding hydrogens is 312 g/mol. The molecule has 24 heavy (non-hydrogen) atoms. The molecule has 0 spiro atoms. The largest absolute Gasteiger partial charge is 0.484 e. The second-order valence-corrected chi connectivity index (χ2v) is 5.53. The van der Waals surface area contributed by atoms with Gasteiger partial charge in [0, 0.05) is 24.7 Å².